The first-order valence-electron chi connectivity index (χ1n) is 9.69. The first kappa shape index (κ1) is 21.7. The second-order valence-corrected chi connectivity index (χ2v) is 9.48. The zero-order valence-corrected chi connectivity index (χ0v) is 17.8. The number of nitrogens with one attached hydrogen (secondary N) is 1. The number of benzene rings is 2. The summed E-state index contributed by atoms with van der Waals surface area (Å²) < 4.78 is 69.6. The van der Waals surface area contributed by atoms with Crippen molar-refractivity contribution in [2.45, 2.75) is 42.8 Å². The summed E-state index contributed by atoms with van der Waals surface area (Å²) in [6.45, 7) is 0. The normalized spacial score (nSPS) is 15.4. The van der Waals surface area contributed by atoms with Gasteiger partial charge in [-0.1, -0.05) is 54.8 Å². The van der Waals surface area contributed by atoms with Crippen LogP contribution in [0, 0.1) is 0 Å². The van der Waals surface area contributed by atoms with Crippen molar-refractivity contribution in [1.29, 1.82) is 0 Å². The van der Waals surface area contributed by atoms with Gasteiger partial charge in [-0.15, -0.1) is 0 Å². The minimum Gasteiger partial charge on any atom is -0.278 e. The molecule has 0 amide bonds. The van der Waals surface area contributed by atoms with Crippen molar-refractivity contribution in [3.05, 3.63) is 65.3 Å². The largest absolute Gasteiger partial charge is 0.416 e. The second kappa shape index (κ2) is 8.20. The Balaban J connectivity index is 1.77. The summed E-state index contributed by atoms with van der Waals surface area (Å²) in [5, 5.41) is 4.40. The lowest BCUT2D eigenvalue weighted by Gasteiger charge is -2.13. The number of hydrogen-bond donors (Lipinski definition) is 1. The molecule has 2 aromatic carbocycles. The molecule has 1 aliphatic rings. The maximum Gasteiger partial charge on any atom is 0.416 e. The number of aromatic nitrogens is 2. The molecular formula is C21H19ClF3N3O2S. The van der Waals surface area contributed by atoms with E-state index in [0.29, 0.717) is 11.6 Å². The fourth-order valence-corrected chi connectivity index (χ4v) is 5.15. The van der Waals surface area contributed by atoms with Crippen LogP contribution in [0.1, 0.15) is 37.3 Å². The zero-order chi connectivity index (χ0) is 22.2. The summed E-state index contributed by atoms with van der Waals surface area (Å²) in [4.78, 5) is -0.112. The average molecular weight is 470 g/mol. The maximum absolute atomic E-state index is 13.2. The number of alkyl halides is 3. The molecule has 0 spiro atoms. The van der Waals surface area contributed by atoms with Gasteiger partial charge in [0.05, 0.1) is 22.3 Å². The Hall–Kier alpha value is -2.52. The minimum absolute atomic E-state index is 0.0866. The zero-order valence-electron chi connectivity index (χ0n) is 16.2. The molecular weight excluding hydrogens is 451 g/mol. The summed E-state index contributed by atoms with van der Waals surface area (Å²) in [5.41, 5.74) is -0.512. The number of halogens is 4. The molecule has 1 fully saturated rings. The van der Waals surface area contributed by atoms with Gasteiger partial charge in [0.1, 0.15) is 10.6 Å². The Bertz CT molecular complexity index is 1190. The SMILES string of the molecule is O=S(=O)(Nc1cc(C(F)(F)F)ccc1Cl)c1cn(C2CCCC2)nc1-c1ccccc1. The van der Waals surface area contributed by atoms with E-state index < -0.39 is 21.8 Å². The van der Waals surface area contributed by atoms with Gasteiger partial charge < -0.3 is 0 Å². The topological polar surface area (TPSA) is 64.0 Å². The molecule has 1 aliphatic carbocycles. The summed E-state index contributed by atoms with van der Waals surface area (Å²) in [5.74, 6) is 0. The van der Waals surface area contributed by atoms with Crippen LogP contribution in [0.4, 0.5) is 18.9 Å². The fraction of sp³-hybridized carbons (Fsp3) is 0.286. The lowest BCUT2D eigenvalue weighted by molar-refractivity contribution is -0.137. The first-order valence-corrected chi connectivity index (χ1v) is 11.6. The van der Waals surface area contributed by atoms with Gasteiger partial charge in [0.15, 0.2) is 0 Å². The van der Waals surface area contributed by atoms with Crippen molar-refractivity contribution in [3.8, 4) is 11.3 Å². The van der Waals surface area contributed by atoms with Crippen LogP contribution in [0.25, 0.3) is 11.3 Å². The summed E-state index contributed by atoms with van der Waals surface area (Å²) in [6.07, 6.45) is 0.664. The van der Waals surface area contributed by atoms with Crippen LogP contribution >= 0.6 is 11.6 Å². The number of hydrogen-bond acceptors (Lipinski definition) is 3. The molecule has 0 aliphatic heterocycles. The van der Waals surface area contributed by atoms with Crippen molar-refractivity contribution in [1.82, 2.24) is 9.78 Å². The Labute approximate surface area is 182 Å². The van der Waals surface area contributed by atoms with Crippen molar-refractivity contribution in [2.24, 2.45) is 0 Å². The van der Waals surface area contributed by atoms with E-state index in [4.69, 9.17) is 11.6 Å². The van der Waals surface area contributed by atoms with Crippen LogP contribution in [0.3, 0.4) is 0 Å². The fourth-order valence-electron chi connectivity index (χ4n) is 3.70. The minimum atomic E-state index is -4.63. The monoisotopic (exact) mass is 469 g/mol. The van der Waals surface area contributed by atoms with Crippen LogP contribution in [-0.4, -0.2) is 18.2 Å². The van der Waals surface area contributed by atoms with Crippen LogP contribution < -0.4 is 4.72 Å². The van der Waals surface area contributed by atoms with Crippen LogP contribution in [0.5, 0.6) is 0 Å². The molecule has 0 saturated heterocycles. The number of rotatable bonds is 5. The van der Waals surface area contributed by atoms with Crippen molar-refractivity contribution >= 4 is 27.3 Å². The number of nitrogens with zero attached hydrogens (tertiary/aromatic N) is 2. The third-order valence-electron chi connectivity index (χ3n) is 5.27. The molecule has 1 N–H and O–H groups in total. The van der Waals surface area contributed by atoms with Gasteiger partial charge in [-0.3, -0.25) is 9.40 Å². The Morgan fingerprint density at radius 2 is 1.74 bits per heavy atom. The number of anilines is 1. The van der Waals surface area contributed by atoms with Crippen molar-refractivity contribution in [3.63, 3.8) is 0 Å². The highest BCUT2D eigenvalue weighted by atomic mass is 35.5. The highest BCUT2D eigenvalue weighted by Gasteiger charge is 2.32. The molecule has 164 valence electrons. The molecule has 0 bridgehead atoms. The van der Waals surface area contributed by atoms with E-state index >= 15 is 0 Å². The van der Waals surface area contributed by atoms with E-state index in [9.17, 15) is 21.6 Å². The highest BCUT2D eigenvalue weighted by Crippen LogP contribution is 2.37. The lowest BCUT2D eigenvalue weighted by Crippen LogP contribution is -2.15. The van der Waals surface area contributed by atoms with Gasteiger partial charge in [-0.25, -0.2) is 8.42 Å². The van der Waals surface area contributed by atoms with Crippen LogP contribution in [0.2, 0.25) is 5.02 Å². The first-order chi connectivity index (χ1) is 14.6. The van der Waals surface area contributed by atoms with Crippen LogP contribution in [0.15, 0.2) is 59.6 Å². The molecule has 1 saturated carbocycles. The van der Waals surface area contributed by atoms with E-state index in [1.807, 2.05) is 0 Å². The molecule has 0 atom stereocenters. The molecule has 3 aromatic rings. The summed E-state index contributed by atoms with van der Waals surface area (Å²) in [7, 11) is -4.27. The Morgan fingerprint density at radius 3 is 2.39 bits per heavy atom. The van der Waals surface area contributed by atoms with Gasteiger partial charge in [0, 0.05) is 11.8 Å². The molecule has 0 unspecified atom stereocenters. The predicted octanol–water partition coefficient (Wildman–Crippen LogP) is 6.14. The quantitative estimate of drug-likeness (QED) is 0.488. The van der Waals surface area contributed by atoms with Gasteiger partial charge >= 0.3 is 6.18 Å². The standard InChI is InChI=1S/C21H19ClF3N3O2S/c22-17-11-10-15(21(23,24)25)12-18(17)27-31(29,30)19-13-28(16-8-4-5-9-16)26-20(19)14-6-2-1-3-7-14/h1-3,6-7,10-13,16,27H,4-5,8-9H2. The predicted molar refractivity (Wildman–Crippen MR) is 112 cm³/mol. The molecule has 10 heteroatoms. The molecule has 0 radical (unpaired) electrons. The van der Waals surface area contributed by atoms with E-state index in [-0.39, 0.29) is 27.3 Å². The average Bonchev–Trinajstić information content (AvgIpc) is 3.39. The maximum atomic E-state index is 13.2. The third-order valence-corrected chi connectivity index (χ3v) is 6.97. The highest BCUT2D eigenvalue weighted by molar-refractivity contribution is 7.92. The van der Waals surface area contributed by atoms with E-state index in [2.05, 4.69) is 9.82 Å². The van der Waals surface area contributed by atoms with Gasteiger partial charge in [0.2, 0.25) is 0 Å². The van der Waals surface area contributed by atoms with Crippen LogP contribution in [-0.2, 0) is 16.2 Å². The Kier molecular flexibility index (Phi) is 5.74. The van der Waals surface area contributed by atoms with E-state index in [0.717, 1.165) is 37.8 Å². The Morgan fingerprint density at radius 1 is 1.06 bits per heavy atom. The molecule has 31 heavy (non-hydrogen) atoms. The smallest absolute Gasteiger partial charge is 0.278 e. The summed E-state index contributed by atoms with van der Waals surface area (Å²) in [6, 6.07) is 11.4. The van der Waals surface area contributed by atoms with Crippen molar-refractivity contribution in [2.75, 3.05) is 4.72 Å². The summed E-state index contributed by atoms with van der Waals surface area (Å²) >= 11 is 5.99. The third kappa shape index (κ3) is 4.57. The second-order valence-electron chi connectivity index (χ2n) is 7.42. The van der Waals surface area contributed by atoms with Gasteiger partial charge in [-0.05, 0) is 31.0 Å². The lowest BCUT2D eigenvalue weighted by atomic mass is 10.2. The van der Waals surface area contributed by atoms with Gasteiger partial charge in [-0.2, -0.15) is 18.3 Å². The number of sulfonamides is 1. The molecule has 4 rings (SSSR count). The van der Waals surface area contributed by atoms with Crippen molar-refractivity contribution < 1.29 is 21.6 Å². The molecule has 5 nitrogen and oxygen atoms in total. The molecule has 1 aromatic heterocycles. The van der Waals surface area contributed by atoms with E-state index in [1.54, 1.807) is 35.0 Å². The molecule has 1 heterocycles. The van der Waals surface area contributed by atoms with Gasteiger partial charge in [0.25, 0.3) is 10.0 Å². The van der Waals surface area contributed by atoms with E-state index in [1.165, 1.54) is 6.20 Å².